The molecule has 1 saturated carbocycles. The number of aromatic nitrogens is 1. The van der Waals surface area contributed by atoms with Gasteiger partial charge in [0.05, 0.1) is 12.0 Å². The zero-order valence-corrected chi connectivity index (χ0v) is 19.6. The van der Waals surface area contributed by atoms with Crippen LogP contribution in [0.2, 0.25) is 0 Å². The number of amides is 3. The smallest absolute Gasteiger partial charge is 0.271 e. The van der Waals surface area contributed by atoms with Gasteiger partial charge >= 0.3 is 0 Å². The lowest BCUT2D eigenvalue weighted by Crippen LogP contribution is -2.68. The Hall–Kier alpha value is -3.62. The molecule has 12 heteroatoms. The quantitative estimate of drug-likeness (QED) is 0.508. The Morgan fingerprint density at radius 3 is 2.68 bits per heavy atom. The monoisotopic (exact) mass is 519 g/mol. The number of carbonyl (C=O) groups is 3. The number of benzene rings is 1. The van der Waals surface area contributed by atoms with Gasteiger partial charge in [-0.25, -0.2) is 17.6 Å². The van der Waals surface area contributed by atoms with Crippen molar-refractivity contribution in [2.24, 2.45) is 11.8 Å². The molecule has 3 saturated heterocycles. The van der Waals surface area contributed by atoms with Gasteiger partial charge in [-0.3, -0.25) is 14.4 Å². The minimum absolute atomic E-state index is 0.0179. The van der Waals surface area contributed by atoms with Crippen LogP contribution in [0.5, 0.6) is 0 Å². The van der Waals surface area contributed by atoms with Crippen molar-refractivity contribution in [1.29, 1.82) is 5.26 Å². The summed E-state index contributed by atoms with van der Waals surface area (Å²) in [7, 11) is 0. The van der Waals surface area contributed by atoms with Gasteiger partial charge in [-0.05, 0) is 37.8 Å². The van der Waals surface area contributed by atoms with Gasteiger partial charge in [0.15, 0.2) is 0 Å². The second kappa shape index (κ2) is 9.36. The van der Waals surface area contributed by atoms with Crippen LogP contribution in [-0.4, -0.2) is 58.2 Å². The van der Waals surface area contributed by atoms with E-state index in [1.165, 1.54) is 24.3 Å². The molecular formula is C25H25F4N5O3. The highest BCUT2D eigenvalue weighted by atomic mass is 19.3. The average molecular weight is 519 g/mol. The molecule has 1 aromatic carbocycles. The van der Waals surface area contributed by atoms with Gasteiger partial charge in [0.25, 0.3) is 18.3 Å². The maximum absolute atomic E-state index is 14.9. The first-order valence-corrected chi connectivity index (χ1v) is 12.2. The summed E-state index contributed by atoms with van der Waals surface area (Å²) in [6, 6.07) is 3.75. The van der Waals surface area contributed by atoms with E-state index in [9.17, 15) is 37.2 Å². The molecule has 8 nitrogen and oxygen atoms in total. The summed E-state index contributed by atoms with van der Waals surface area (Å²) in [5.41, 5.74) is -0.0770. The van der Waals surface area contributed by atoms with Crippen molar-refractivity contribution >= 4 is 28.6 Å². The molecule has 37 heavy (non-hydrogen) atoms. The summed E-state index contributed by atoms with van der Waals surface area (Å²) in [6.07, 6.45) is -2.59. The second-order valence-electron chi connectivity index (χ2n) is 9.95. The Labute approximate surface area is 209 Å². The lowest BCUT2D eigenvalue weighted by molar-refractivity contribution is -0.179. The van der Waals surface area contributed by atoms with Crippen LogP contribution in [0.3, 0.4) is 0 Å². The highest BCUT2D eigenvalue weighted by molar-refractivity contribution is 6.01. The molecule has 196 valence electrons. The Bertz CT molecular complexity index is 1290. The minimum Gasteiger partial charge on any atom is -0.356 e. The molecule has 0 spiro atoms. The van der Waals surface area contributed by atoms with Crippen molar-refractivity contribution in [3.63, 3.8) is 0 Å². The molecule has 4 aliphatic rings. The molecule has 1 aliphatic carbocycles. The topological polar surface area (TPSA) is 118 Å². The van der Waals surface area contributed by atoms with Crippen molar-refractivity contribution in [2.75, 3.05) is 6.54 Å². The number of alkyl halides is 4. The Balaban J connectivity index is 1.44. The van der Waals surface area contributed by atoms with Crippen molar-refractivity contribution in [3.8, 4) is 6.07 Å². The van der Waals surface area contributed by atoms with E-state index in [1.54, 1.807) is 0 Å². The number of H-pyrrole nitrogens is 1. The van der Waals surface area contributed by atoms with E-state index >= 15 is 0 Å². The molecular weight excluding hydrogens is 494 g/mol. The molecule has 3 aliphatic heterocycles. The predicted octanol–water partition coefficient (Wildman–Crippen LogP) is 3.27. The predicted molar refractivity (Wildman–Crippen MR) is 123 cm³/mol. The van der Waals surface area contributed by atoms with Crippen LogP contribution in [-0.2, 0) is 9.59 Å². The Kier molecular flexibility index (Phi) is 6.33. The molecule has 4 heterocycles. The molecule has 2 bridgehead atoms. The third kappa shape index (κ3) is 4.40. The minimum atomic E-state index is -3.20. The van der Waals surface area contributed by atoms with E-state index in [0.29, 0.717) is 13.0 Å². The highest BCUT2D eigenvalue weighted by Crippen LogP contribution is 2.49. The first-order chi connectivity index (χ1) is 17.6. The molecule has 0 unspecified atom stereocenters. The van der Waals surface area contributed by atoms with Gasteiger partial charge in [0.2, 0.25) is 11.8 Å². The number of halogens is 4. The summed E-state index contributed by atoms with van der Waals surface area (Å²) < 4.78 is 56.8. The van der Waals surface area contributed by atoms with Crippen LogP contribution < -0.4 is 10.6 Å². The average Bonchev–Trinajstić information content (AvgIpc) is 3.47. The van der Waals surface area contributed by atoms with Crippen LogP contribution in [0.1, 0.15) is 54.6 Å². The number of nitriles is 1. The molecule has 3 N–H and O–H groups in total. The van der Waals surface area contributed by atoms with Crippen molar-refractivity contribution in [2.45, 2.75) is 62.6 Å². The van der Waals surface area contributed by atoms with E-state index in [1.807, 2.05) is 6.07 Å². The summed E-state index contributed by atoms with van der Waals surface area (Å²) >= 11 is 0. The zero-order valence-electron chi connectivity index (χ0n) is 19.6. The lowest BCUT2D eigenvalue weighted by Gasteiger charge is -2.53. The van der Waals surface area contributed by atoms with Crippen LogP contribution >= 0.6 is 0 Å². The molecule has 2 aromatic rings. The van der Waals surface area contributed by atoms with Crippen LogP contribution in [0.4, 0.5) is 17.6 Å². The number of carbonyl (C=O) groups excluding carboxylic acids is 3. The van der Waals surface area contributed by atoms with Gasteiger partial charge in [0.1, 0.15) is 17.8 Å². The molecule has 5 atom stereocenters. The number of nitrogens with one attached hydrogen (secondary N) is 3. The first-order valence-electron chi connectivity index (χ1n) is 12.2. The van der Waals surface area contributed by atoms with Crippen LogP contribution in [0.25, 0.3) is 10.9 Å². The number of nitrogens with zero attached hydrogens (tertiary/aromatic N) is 2. The third-order valence-corrected chi connectivity index (χ3v) is 7.76. The Morgan fingerprint density at radius 1 is 1.24 bits per heavy atom. The fourth-order valence-corrected chi connectivity index (χ4v) is 5.98. The van der Waals surface area contributed by atoms with Gasteiger partial charge < -0.3 is 20.5 Å². The first kappa shape index (κ1) is 25.0. The standard InChI is InChI=1S/C25H25F4N5O3/c26-21(27)15-2-1-3-18-16(15)9-19(33-18)24(37)34-14-4-5-17(25(28,29)10-14)20(34)23(36)32-13(11-30)8-12-6-7-31-22(12)35/h1-3,9,12-14,17,20-21,33H,4-8,10H2,(H,31,35)(H,32,36)/t12-,13+,14+,17+,20+/m0/s1. The highest BCUT2D eigenvalue weighted by Gasteiger charge is 2.60. The summed E-state index contributed by atoms with van der Waals surface area (Å²) in [6.45, 7) is 0.453. The summed E-state index contributed by atoms with van der Waals surface area (Å²) in [5, 5.41) is 14.8. The summed E-state index contributed by atoms with van der Waals surface area (Å²) in [4.78, 5) is 42.8. The van der Waals surface area contributed by atoms with Crippen LogP contribution in [0, 0.1) is 23.2 Å². The largest absolute Gasteiger partial charge is 0.356 e. The fraction of sp³-hybridized carbons (Fsp3) is 0.520. The Morgan fingerprint density at radius 2 is 2.03 bits per heavy atom. The third-order valence-electron chi connectivity index (χ3n) is 7.76. The molecule has 0 radical (unpaired) electrons. The molecule has 1 aromatic heterocycles. The SMILES string of the molecule is N#C[C@@H](C[C@@H]1CCNC1=O)NC(=O)[C@H]1[C@H]2CC[C@H](CC2(F)F)N1C(=O)c1cc2c(C(F)F)cccc2[nH]1. The van der Waals surface area contributed by atoms with Crippen molar-refractivity contribution < 1.29 is 31.9 Å². The second-order valence-corrected chi connectivity index (χ2v) is 9.95. The number of piperidine rings is 2. The number of fused-ring (bicyclic) bond motifs is 4. The normalized spacial score (nSPS) is 27.2. The van der Waals surface area contributed by atoms with Gasteiger partial charge in [0, 0.05) is 41.4 Å². The van der Waals surface area contributed by atoms with Crippen molar-refractivity contribution in [1.82, 2.24) is 20.5 Å². The summed E-state index contributed by atoms with van der Waals surface area (Å²) in [5.74, 6) is -7.02. The van der Waals surface area contributed by atoms with E-state index in [4.69, 9.17) is 0 Å². The maximum Gasteiger partial charge on any atom is 0.271 e. The van der Waals surface area contributed by atoms with Crippen molar-refractivity contribution in [3.05, 3.63) is 35.5 Å². The molecule has 6 rings (SSSR count). The van der Waals surface area contributed by atoms with Gasteiger partial charge in [-0.2, -0.15) is 5.26 Å². The number of aromatic amines is 1. The number of rotatable bonds is 6. The van der Waals surface area contributed by atoms with Gasteiger partial charge in [-0.1, -0.05) is 12.1 Å². The lowest BCUT2D eigenvalue weighted by atomic mass is 9.71. The molecule has 3 amide bonds. The zero-order chi connectivity index (χ0) is 26.5. The van der Waals surface area contributed by atoms with E-state index < -0.39 is 60.5 Å². The maximum atomic E-state index is 14.9. The van der Waals surface area contributed by atoms with E-state index in [-0.39, 0.29) is 47.3 Å². The van der Waals surface area contributed by atoms with Crippen LogP contribution in [0.15, 0.2) is 24.3 Å². The van der Waals surface area contributed by atoms with Gasteiger partial charge in [-0.15, -0.1) is 0 Å². The fourth-order valence-electron chi connectivity index (χ4n) is 5.98. The van der Waals surface area contributed by atoms with E-state index in [2.05, 4.69) is 15.6 Å². The molecule has 4 fully saturated rings. The van der Waals surface area contributed by atoms with E-state index in [0.717, 1.165) is 4.90 Å². The number of hydrogen-bond donors (Lipinski definition) is 3. The number of hydrogen-bond acceptors (Lipinski definition) is 4.